The van der Waals surface area contributed by atoms with Crippen LogP contribution in [0.3, 0.4) is 0 Å². The van der Waals surface area contributed by atoms with E-state index in [1.54, 1.807) is 0 Å². The summed E-state index contributed by atoms with van der Waals surface area (Å²) in [4.78, 5) is 10.2. The van der Waals surface area contributed by atoms with E-state index in [4.69, 9.17) is 5.11 Å². The van der Waals surface area contributed by atoms with E-state index in [2.05, 4.69) is 30.5 Å². The van der Waals surface area contributed by atoms with Gasteiger partial charge in [0, 0.05) is 12.3 Å². The second-order valence-electron chi connectivity index (χ2n) is 5.86. The maximum absolute atomic E-state index is 10.2. The first-order valence-electron chi connectivity index (χ1n) is 9.07. The summed E-state index contributed by atoms with van der Waals surface area (Å²) >= 11 is 2.13. The van der Waals surface area contributed by atoms with Crippen molar-refractivity contribution in [2.45, 2.75) is 90.4 Å². The Kier molecular flexibility index (Phi) is 17.9. The Hall–Kier alpha value is -0.620. The zero-order chi connectivity index (χ0) is 16.3. The van der Waals surface area contributed by atoms with Crippen LogP contribution in [0.2, 0.25) is 0 Å². The molecule has 0 saturated carbocycles. The zero-order valence-corrected chi connectivity index (χ0v) is 15.2. The average Bonchev–Trinajstić information content (AvgIpc) is 2.50. The van der Waals surface area contributed by atoms with Gasteiger partial charge in [0.1, 0.15) is 0 Å². The summed E-state index contributed by atoms with van der Waals surface area (Å²) < 4.78 is 0. The van der Waals surface area contributed by atoms with E-state index in [-0.39, 0.29) is 0 Å². The first kappa shape index (κ1) is 21.4. The standard InChI is InChI=1S/C19H34O2S/c1-2-3-4-14-17-22-18-15-12-10-8-6-5-7-9-11-13-16-19(20)21/h2-12,14-15,17-18H2,1H3,(H,20,21). The highest BCUT2D eigenvalue weighted by atomic mass is 32.2. The molecule has 0 radical (unpaired) electrons. The summed E-state index contributed by atoms with van der Waals surface area (Å²) in [5, 5.41) is 8.36. The molecule has 2 nitrogen and oxygen atoms in total. The van der Waals surface area contributed by atoms with Crippen molar-refractivity contribution >= 4 is 17.7 Å². The minimum atomic E-state index is -1.01. The maximum atomic E-state index is 10.2. The molecule has 0 heterocycles. The highest BCUT2D eigenvalue weighted by Crippen LogP contribution is 2.13. The number of aliphatic carboxylic acids is 1. The molecule has 1 N–H and O–H groups in total. The number of carboxylic acid groups (broad SMARTS) is 1. The van der Waals surface area contributed by atoms with Gasteiger partial charge in [-0.25, -0.2) is 4.79 Å². The van der Waals surface area contributed by atoms with Crippen molar-refractivity contribution in [3.05, 3.63) is 0 Å². The molecular weight excluding hydrogens is 292 g/mol. The quantitative estimate of drug-likeness (QED) is 0.301. The predicted octanol–water partition coefficient (Wildman–Crippen LogP) is 5.90. The largest absolute Gasteiger partial charge is 0.472 e. The van der Waals surface area contributed by atoms with Crippen molar-refractivity contribution in [3.63, 3.8) is 0 Å². The first-order chi connectivity index (χ1) is 10.8. The van der Waals surface area contributed by atoms with Crippen molar-refractivity contribution in [1.82, 2.24) is 0 Å². The Morgan fingerprint density at radius 3 is 1.86 bits per heavy atom. The molecule has 0 rings (SSSR count). The Labute approximate surface area is 141 Å². The third-order valence-electron chi connectivity index (χ3n) is 3.68. The Bertz CT molecular complexity index is 304. The predicted molar refractivity (Wildman–Crippen MR) is 98.4 cm³/mol. The zero-order valence-electron chi connectivity index (χ0n) is 14.4. The number of hydrogen-bond acceptors (Lipinski definition) is 2. The van der Waals surface area contributed by atoms with Crippen molar-refractivity contribution in [1.29, 1.82) is 0 Å². The topological polar surface area (TPSA) is 37.3 Å². The fourth-order valence-electron chi connectivity index (χ4n) is 2.35. The number of thioether (sulfide) groups is 1. The molecule has 0 aliphatic rings. The molecule has 0 aromatic heterocycles. The monoisotopic (exact) mass is 326 g/mol. The van der Waals surface area contributed by atoms with Gasteiger partial charge in [0.05, 0.1) is 0 Å². The Morgan fingerprint density at radius 2 is 1.32 bits per heavy atom. The fourth-order valence-corrected chi connectivity index (χ4v) is 3.37. The fraction of sp³-hybridized carbons (Fsp3) is 0.842. The van der Waals surface area contributed by atoms with Gasteiger partial charge in [-0.05, 0) is 30.8 Å². The van der Waals surface area contributed by atoms with Crippen LogP contribution in [0.4, 0.5) is 0 Å². The molecule has 22 heavy (non-hydrogen) atoms. The van der Waals surface area contributed by atoms with Crippen LogP contribution in [0.15, 0.2) is 0 Å². The van der Waals surface area contributed by atoms with Gasteiger partial charge in [0.25, 0.3) is 0 Å². The van der Waals surface area contributed by atoms with Gasteiger partial charge in [-0.2, -0.15) is 11.8 Å². The van der Waals surface area contributed by atoms with Crippen molar-refractivity contribution in [2.24, 2.45) is 0 Å². The SMILES string of the molecule is CCCCCCSCCCCCCCCCCC#CC(=O)O. The van der Waals surface area contributed by atoms with E-state index in [9.17, 15) is 4.79 Å². The number of unbranched alkanes of at least 4 members (excludes halogenated alkanes) is 11. The normalized spacial score (nSPS) is 10.2. The van der Waals surface area contributed by atoms with E-state index in [1.165, 1.54) is 82.1 Å². The smallest absolute Gasteiger partial charge is 0.381 e. The molecule has 0 bridgehead atoms. The van der Waals surface area contributed by atoms with Crippen molar-refractivity contribution in [2.75, 3.05) is 11.5 Å². The molecule has 0 aromatic rings. The van der Waals surface area contributed by atoms with Crippen LogP contribution in [0.5, 0.6) is 0 Å². The van der Waals surface area contributed by atoms with Gasteiger partial charge in [-0.3, -0.25) is 0 Å². The second kappa shape index (κ2) is 18.4. The summed E-state index contributed by atoms with van der Waals surface area (Å²) in [5.74, 6) is 6.52. The lowest BCUT2D eigenvalue weighted by Crippen LogP contribution is -1.87. The first-order valence-corrected chi connectivity index (χ1v) is 10.2. The van der Waals surface area contributed by atoms with Crippen LogP contribution < -0.4 is 0 Å². The third kappa shape index (κ3) is 19.4. The molecule has 0 aromatic carbocycles. The second-order valence-corrected chi connectivity index (χ2v) is 7.08. The molecule has 0 fully saturated rings. The highest BCUT2D eigenvalue weighted by molar-refractivity contribution is 7.99. The summed E-state index contributed by atoms with van der Waals surface area (Å²) in [6.45, 7) is 2.26. The van der Waals surface area contributed by atoms with E-state index < -0.39 is 5.97 Å². The molecule has 128 valence electrons. The van der Waals surface area contributed by atoms with Crippen LogP contribution in [0.25, 0.3) is 0 Å². The van der Waals surface area contributed by atoms with E-state index >= 15 is 0 Å². The summed E-state index contributed by atoms with van der Waals surface area (Å²) in [5.41, 5.74) is 0. The maximum Gasteiger partial charge on any atom is 0.381 e. The highest BCUT2D eigenvalue weighted by Gasteiger charge is 1.94. The minimum Gasteiger partial charge on any atom is -0.472 e. The molecule has 0 saturated heterocycles. The summed E-state index contributed by atoms with van der Waals surface area (Å²) in [6, 6.07) is 0. The number of carboxylic acids is 1. The van der Waals surface area contributed by atoms with Gasteiger partial charge in [-0.1, -0.05) is 70.6 Å². The van der Waals surface area contributed by atoms with Crippen LogP contribution in [0.1, 0.15) is 90.4 Å². The number of carbonyl (C=O) groups is 1. The molecule has 0 amide bonds. The molecule has 0 spiro atoms. The number of hydrogen-bond donors (Lipinski definition) is 1. The summed E-state index contributed by atoms with van der Waals surface area (Å²) in [7, 11) is 0. The van der Waals surface area contributed by atoms with Crippen molar-refractivity contribution in [3.8, 4) is 11.8 Å². The van der Waals surface area contributed by atoms with Gasteiger partial charge < -0.3 is 5.11 Å². The molecule has 0 unspecified atom stereocenters. The summed E-state index contributed by atoms with van der Waals surface area (Å²) in [6.07, 6.45) is 16.5. The lowest BCUT2D eigenvalue weighted by Gasteiger charge is -2.03. The number of rotatable bonds is 15. The lowest BCUT2D eigenvalue weighted by atomic mass is 10.1. The molecule has 0 atom stereocenters. The van der Waals surface area contributed by atoms with Crippen molar-refractivity contribution < 1.29 is 9.90 Å². The van der Waals surface area contributed by atoms with Crippen LogP contribution in [0, 0.1) is 11.8 Å². The minimum absolute atomic E-state index is 0.724. The van der Waals surface area contributed by atoms with E-state index in [1.807, 2.05) is 0 Å². The van der Waals surface area contributed by atoms with Crippen LogP contribution in [-0.2, 0) is 4.79 Å². The van der Waals surface area contributed by atoms with Gasteiger partial charge in [0.2, 0.25) is 0 Å². The van der Waals surface area contributed by atoms with E-state index in [0.717, 1.165) is 12.8 Å². The molecule has 0 aliphatic heterocycles. The van der Waals surface area contributed by atoms with Crippen LogP contribution >= 0.6 is 11.8 Å². The third-order valence-corrected chi connectivity index (χ3v) is 4.83. The Morgan fingerprint density at radius 1 is 0.818 bits per heavy atom. The van der Waals surface area contributed by atoms with E-state index in [0.29, 0.717) is 0 Å². The average molecular weight is 327 g/mol. The molecule has 0 aliphatic carbocycles. The Balaban J connectivity index is 3.03. The van der Waals surface area contributed by atoms with Gasteiger partial charge in [0.15, 0.2) is 0 Å². The lowest BCUT2D eigenvalue weighted by molar-refractivity contribution is -0.130. The molecular formula is C19H34O2S. The van der Waals surface area contributed by atoms with Gasteiger partial charge in [-0.15, -0.1) is 0 Å². The van der Waals surface area contributed by atoms with Gasteiger partial charge >= 0.3 is 5.97 Å². The molecule has 3 heteroatoms. The van der Waals surface area contributed by atoms with Crippen LogP contribution in [-0.4, -0.2) is 22.6 Å².